The molecule has 2 N–H and O–H groups in total. The zero-order chi connectivity index (χ0) is 19.2. The Morgan fingerprint density at radius 1 is 1.07 bits per heavy atom. The number of anilines is 1. The summed E-state index contributed by atoms with van der Waals surface area (Å²) < 4.78 is 0. The van der Waals surface area contributed by atoms with Crippen LogP contribution in [0.25, 0.3) is 0 Å². The first-order valence-corrected chi connectivity index (χ1v) is 11.0. The summed E-state index contributed by atoms with van der Waals surface area (Å²) in [4.78, 5) is 21.8. The van der Waals surface area contributed by atoms with E-state index in [1.54, 1.807) is 12.4 Å². The Kier molecular flexibility index (Phi) is 8.49. The van der Waals surface area contributed by atoms with E-state index in [0.29, 0.717) is 11.9 Å². The number of aromatic nitrogens is 2. The van der Waals surface area contributed by atoms with E-state index in [1.807, 2.05) is 17.4 Å². The van der Waals surface area contributed by atoms with Gasteiger partial charge in [0.25, 0.3) is 0 Å². The number of rotatable bonds is 5. The topological polar surface area (TPSA) is 73.9 Å². The highest BCUT2D eigenvalue weighted by atomic mass is 127. The van der Waals surface area contributed by atoms with Gasteiger partial charge in [0.2, 0.25) is 5.95 Å². The van der Waals surface area contributed by atoms with Gasteiger partial charge in [0.1, 0.15) is 0 Å². The van der Waals surface area contributed by atoms with Gasteiger partial charge in [-0.05, 0) is 49.4 Å². The van der Waals surface area contributed by atoms with Gasteiger partial charge in [0.05, 0.1) is 0 Å². The highest BCUT2D eigenvalue weighted by Gasteiger charge is 2.22. The number of hydrogen-bond donors (Lipinski definition) is 1. The summed E-state index contributed by atoms with van der Waals surface area (Å²) in [5.74, 6) is 2.14. The molecule has 158 valence electrons. The maximum atomic E-state index is 6.28. The van der Waals surface area contributed by atoms with Crippen molar-refractivity contribution in [2.75, 3.05) is 50.7 Å². The molecular formula is C20H30IN7S. The Morgan fingerprint density at radius 2 is 1.79 bits per heavy atom. The maximum Gasteiger partial charge on any atom is 0.225 e. The summed E-state index contributed by atoms with van der Waals surface area (Å²) in [6, 6.07) is 6.21. The number of piperidine rings is 1. The van der Waals surface area contributed by atoms with Crippen LogP contribution in [0.3, 0.4) is 0 Å². The summed E-state index contributed by atoms with van der Waals surface area (Å²) in [6.45, 7) is 7.75. The molecule has 2 aliphatic rings. The largest absolute Gasteiger partial charge is 0.370 e. The molecule has 0 saturated carbocycles. The highest BCUT2D eigenvalue weighted by molar-refractivity contribution is 14.0. The molecule has 2 aromatic rings. The fourth-order valence-electron chi connectivity index (χ4n) is 3.86. The second-order valence-electron chi connectivity index (χ2n) is 7.52. The van der Waals surface area contributed by atoms with E-state index in [2.05, 4.69) is 42.2 Å². The van der Waals surface area contributed by atoms with Crippen LogP contribution in [0.2, 0.25) is 0 Å². The lowest BCUT2D eigenvalue weighted by atomic mass is 9.97. The summed E-state index contributed by atoms with van der Waals surface area (Å²) in [6.07, 6.45) is 6.00. The second-order valence-corrected chi connectivity index (χ2v) is 8.55. The monoisotopic (exact) mass is 527 g/mol. The SMILES string of the molecule is I.NC(=NCC1CCN(Cc2cccs2)CC1)N1CCN(c2ncccn2)CC1. The van der Waals surface area contributed by atoms with Crippen LogP contribution in [0.1, 0.15) is 17.7 Å². The number of nitrogens with zero attached hydrogens (tertiary/aromatic N) is 6. The second kappa shape index (κ2) is 11.1. The van der Waals surface area contributed by atoms with Gasteiger partial charge in [0.15, 0.2) is 5.96 Å². The number of halogens is 1. The summed E-state index contributed by atoms with van der Waals surface area (Å²) in [7, 11) is 0. The molecule has 0 spiro atoms. The van der Waals surface area contributed by atoms with Crippen molar-refractivity contribution in [2.24, 2.45) is 16.6 Å². The Hall–Kier alpha value is -1.46. The Morgan fingerprint density at radius 3 is 2.45 bits per heavy atom. The summed E-state index contributed by atoms with van der Waals surface area (Å²) >= 11 is 1.85. The van der Waals surface area contributed by atoms with Crippen molar-refractivity contribution in [2.45, 2.75) is 19.4 Å². The van der Waals surface area contributed by atoms with Crippen LogP contribution >= 0.6 is 35.3 Å². The molecule has 0 aromatic carbocycles. The highest BCUT2D eigenvalue weighted by Crippen LogP contribution is 2.21. The molecule has 0 amide bonds. The van der Waals surface area contributed by atoms with E-state index in [4.69, 9.17) is 10.7 Å². The van der Waals surface area contributed by atoms with E-state index in [-0.39, 0.29) is 24.0 Å². The third-order valence-corrected chi connectivity index (χ3v) is 6.48. The van der Waals surface area contributed by atoms with Crippen molar-refractivity contribution in [1.29, 1.82) is 0 Å². The Bertz CT molecular complexity index is 739. The summed E-state index contributed by atoms with van der Waals surface area (Å²) in [5.41, 5.74) is 6.28. The normalized spacial score (nSPS) is 19.2. The molecule has 2 saturated heterocycles. The van der Waals surface area contributed by atoms with Gasteiger partial charge >= 0.3 is 0 Å². The van der Waals surface area contributed by atoms with Crippen LogP contribution < -0.4 is 10.6 Å². The Balaban J connectivity index is 0.00000240. The molecule has 0 atom stereocenters. The summed E-state index contributed by atoms with van der Waals surface area (Å²) in [5, 5.41) is 2.16. The first-order valence-electron chi connectivity index (χ1n) is 10.1. The van der Waals surface area contributed by atoms with Gasteiger partial charge in [-0.15, -0.1) is 35.3 Å². The molecule has 4 rings (SSSR count). The van der Waals surface area contributed by atoms with E-state index in [1.165, 1.54) is 17.7 Å². The maximum absolute atomic E-state index is 6.28. The van der Waals surface area contributed by atoms with Crippen molar-refractivity contribution in [3.05, 3.63) is 40.8 Å². The lowest BCUT2D eigenvalue weighted by Crippen LogP contribution is -2.51. The van der Waals surface area contributed by atoms with Gasteiger partial charge in [-0.2, -0.15) is 0 Å². The van der Waals surface area contributed by atoms with E-state index >= 15 is 0 Å². The average molecular weight is 527 g/mol. The smallest absolute Gasteiger partial charge is 0.225 e. The number of hydrogen-bond acceptors (Lipinski definition) is 6. The number of likely N-dealkylation sites (tertiary alicyclic amines) is 1. The molecule has 2 aliphatic heterocycles. The molecule has 0 radical (unpaired) electrons. The van der Waals surface area contributed by atoms with Crippen molar-refractivity contribution >= 4 is 47.2 Å². The first kappa shape index (κ1) is 22.2. The number of nitrogens with two attached hydrogens (primary N) is 1. The van der Waals surface area contributed by atoms with Gasteiger partial charge in [-0.1, -0.05) is 6.07 Å². The van der Waals surface area contributed by atoms with Crippen LogP contribution in [-0.2, 0) is 6.54 Å². The van der Waals surface area contributed by atoms with E-state index < -0.39 is 0 Å². The standard InChI is InChI=1S/C20H29N7S.HI/c21-19(26-10-12-27(13-11-26)20-22-6-2-7-23-20)24-15-17-4-8-25(9-5-17)16-18-3-1-14-28-18;/h1-3,6-7,14,17H,4-5,8-13,15-16H2,(H2,21,24);1H. The number of aliphatic imine (C=N–C) groups is 1. The van der Waals surface area contributed by atoms with Gasteiger partial charge < -0.3 is 15.5 Å². The van der Waals surface area contributed by atoms with Crippen LogP contribution in [0.15, 0.2) is 41.0 Å². The molecule has 0 bridgehead atoms. The van der Waals surface area contributed by atoms with Crippen LogP contribution in [-0.4, -0.2) is 71.5 Å². The lowest BCUT2D eigenvalue weighted by molar-refractivity contribution is 0.182. The number of piperazine rings is 1. The minimum absolute atomic E-state index is 0. The fourth-order valence-corrected chi connectivity index (χ4v) is 4.61. The predicted octanol–water partition coefficient (Wildman–Crippen LogP) is 2.51. The number of thiophene rings is 1. The minimum atomic E-state index is 0. The molecule has 29 heavy (non-hydrogen) atoms. The van der Waals surface area contributed by atoms with E-state index in [0.717, 1.165) is 58.3 Å². The fraction of sp³-hybridized carbons (Fsp3) is 0.550. The molecular weight excluding hydrogens is 497 g/mol. The third kappa shape index (κ3) is 6.26. The molecule has 2 fully saturated rings. The van der Waals surface area contributed by atoms with E-state index in [9.17, 15) is 0 Å². The molecule has 0 unspecified atom stereocenters. The van der Waals surface area contributed by atoms with Gasteiger partial charge in [0, 0.05) is 56.5 Å². The molecule has 7 nitrogen and oxygen atoms in total. The zero-order valence-corrected chi connectivity index (χ0v) is 19.8. The Labute approximate surface area is 194 Å². The molecule has 4 heterocycles. The van der Waals surface area contributed by atoms with Gasteiger partial charge in [-0.25, -0.2) is 9.97 Å². The molecule has 2 aromatic heterocycles. The van der Waals surface area contributed by atoms with Gasteiger partial charge in [-0.3, -0.25) is 9.89 Å². The molecule has 0 aliphatic carbocycles. The lowest BCUT2D eigenvalue weighted by Gasteiger charge is -2.35. The van der Waals surface area contributed by atoms with Crippen molar-refractivity contribution < 1.29 is 0 Å². The zero-order valence-electron chi connectivity index (χ0n) is 16.7. The predicted molar refractivity (Wildman–Crippen MR) is 130 cm³/mol. The van der Waals surface area contributed by atoms with Crippen molar-refractivity contribution in [3.63, 3.8) is 0 Å². The average Bonchev–Trinajstić information content (AvgIpc) is 3.27. The van der Waals surface area contributed by atoms with Crippen LogP contribution in [0.5, 0.6) is 0 Å². The van der Waals surface area contributed by atoms with Crippen LogP contribution in [0.4, 0.5) is 5.95 Å². The first-order chi connectivity index (χ1) is 13.8. The van der Waals surface area contributed by atoms with Crippen LogP contribution in [0, 0.1) is 5.92 Å². The molecule has 9 heteroatoms. The third-order valence-electron chi connectivity index (χ3n) is 5.62. The van der Waals surface area contributed by atoms with Crippen molar-refractivity contribution in [3.8, 4) is 0 Å². The van der Waals surface area contributed by atoms with Crippen molar-refractivity contribution in [1.82, 2.24) is 19.8 Å². The number of guanidine groups is 1. The minimum Gasteiger partial charge on any atom is -0.370 e. The quantitative estimate of drug-likeness (QED) is 0.366.